The summed E-state index contributed by atoms with van der Waals surface area (Å²) < 4.78 is 4.91. The van der Waals surface area contributed by atoms with Crippen molar-refractivity contribution in [1.82, 2.24) is 0 Å². The molecule has 0 bridgehead atoms. The summed E-state index contributed by atoms with van der Waals surface area (Å²) in [5.41, 5.74) is 5.13. The van der Waals surface area contributed by atoms with Crippen molar-refractivity contribution in [2.75, 3.05) is 11.6 Å². The number of carbonyl (C=O) groups is 1. The van der Waals surface area contributed by atoms with Crippen LogP contribution in [-0.2, 0) is 18.5 Å². The Morgan fingerprint density at radius 2 is 1.44 bits per heavy atom. The van der Waals surface area contributed by atoms with E-state index in [1.165, 1.54) is 11.8 Å². The molecule has 0 N–H and O–H groups in total. The van der Waals surface area contributed by atoms with Crippen molar-refractivity contribution in [2.45, 2.75) is 15.9 Å². The summed E-state index contributed by atoms with van der Waals surface area (Å²) in [6, 6.07) is 32.2. The molecule has 1 spiro atoms. The third-order valence-electron chi connectivity index (χ3n) is 6.67. The molecule has 39 heavy (non-hydrogen) atoms. The molecule has 4 nitrogen and oxygen atoms in total. The first-order valence-electron chi connectivity index (χ1n) is 12.2. The monoisotopic (exact) mass is 654 g/mol. The quantitative estimate of drug-likeness (QED) is 0.201. The van der Waals surface area contributed by atoms with E-state index in [1.807, 2.05) is 59.6 Å². The zero-order chi connectivity index (χ0) is 27.2. The maximum Gasteiger partial charge on any atom is 0.365 e. The topological polar surface area (TPSA) is 41.9 Å². The first-order chi connectivity index (χ1) is 18.9. The van der Waals surface area contributed by atoms with Crippen LogP contribution in [0.2, 0.25) is 10.0 Å². The van der Waals surface area contributed by atoms with Gasteiger partial charge in [-0.3, -0.25) is 0 Å². The summed E-state index contributed by atoms with van der Waals surface area (Å²) in [6.45, 7) is 2.07. The van der Waals surface area contributed by atoms with Crippen molar-refractivity contribution in [3.05, 3.63) is 134 Å². The van der Waals surface area contributed by atoms with Gasteiger partial charge in [-0.1, -0.05) is 111 Å². The van der Waals surface area contributed by atoms with Gasteiger partial charge in [0.2, 0.25) is 5.04 Å². The maximum atomic E-state index is 13.1. The Labute approximate surface area is 253 Å². The molecule has 0 saturated heterocycles. The first kappa shape index (κ1) is 26.8. The number of ether oxygens (including phenoxy) is 1. The lowest BCUT2D eigenvalue weighted by atomic mass is 9.82. The minimum atomic E-state index is -0.800. The van der Waals surface area contributed by atoms with Crippen LogP contribution in [0.5, 0.6) is 0 Å². The highest BCUT2D eigenvalue weighted by atomic mass is 79.9. The molecule has 0 unspecified atom stereocenters. The lowest BCUT2D eigenvalue weighted by Crippen LogP contribution is -2.34. The van der Waals surface area contributed by atoms with Crippen LogP contribution in [0.25, 0.3) is 0 Å². The number of esters is 1. The molecule has 0 aliphatic carbocycles. The molecule has 0 aromatic heterocycles. The molecular formula is C30H21BrCl2N2O2S2. The predicted molar refractivity (Wildman–Crippen MR) is 167 cm³/mol. The average molecular weight is 656 g/mol. The number of carbonyl (C=O) groups excluding carboxylic acids is 1. The Balaban J connectivity index is 1.62. The Bertz CT molecular complexity index is 1530. The maximum absolute atomic E-state index is 13.1. The average Bonchev–Trinajstić information content (AvgIpc) is 3.47. The van der Waals surface area contributed by atoms with Gasteiger partial charge in [0.1, 0.15) is 0 Å². The Morgan fingerprint density at radius 1 is 0.872 bits per heavy atom. The molecule has 6 rings (SSSR count). The zero-order valence-corrected chi connectivity index (χ0v) is 25.3. The van der Waals surface area contributed by atoms with Gasteiger partial charge >= 0.3 is 5.97 Å². The molecule has 196 valence electrons. The second kappa shape index (κ2) is 10.5. The smallest absolute Gasteiger partial charge is 0.365 e. The van der Waals surface area contributed by atoms with Crippen molar-refractivity contribution >= 4 is 79.4 Å². The first-order valence-corrected chi connectivity index (χ1v) is 15.4. The van der Waals surface area contributed by atoms with E-state index in [9.17, 15) is 4.79 Å². The molecule has 9 heteroatoms. The van der Waals surface area contributed by atoms with E-state index in [-0.39, 0.29) is 6.61 Å². The van der Waals surface area contributed by atoms with Crippen LogP contribution in [0.3, 0.4) is 0 Å². The van der Waals surface area contributed by atoms with Crippen LogP contribution in [0.4, 0.5) is 5.69 Å². The van der Waals surface area contributed by atoms with Crippen molar-refractivity contribution in [2.24, 2.45) is 5.10 Å². The second-order valence-corrected chi connectivity index (χ2v) is 13.6. The molecule has 0 amide bonds. The van der Waals surface area contributed by atoms with E-state index < -0.39 is 14.9 Å². The summed E-state index contributed by atoms with van der Waals surface area (Å²) >= 11 is 19.4. The standard InChI is InChI=1S/C30H21BrCl2N2O2S2/c1-2-37-28(36)27-34-35(24-17-11-21(31)12-18-24)30(38-27)26-6-4-3-5-25(26)29(39-30,19-7-13-22(32)14-8-19)20-9-15-23(33)16-10-20/h3-18H,2H2,1H3/t30-/m1/s1. The Morgan fingerprint density at radius 3 is 2.00 bits per heavy atom. The van der Waals surface area contributed by atoms with Crippen molar-refractivity contribution in [1.29, 1.82) is 0 Å². The molecule has 4 aromatic rings. The van der Waals surface area contributed by atoms with Gasteiger partial charge in [-0.15, -0.1) is 0 Å². The highest BCUT2D eigenvalue weighted by Gasteiger charge is 2.62. The number of fused-ring (bicyclic) bond motifs is 2. The van der Waals surface area contributed by atoms with Crippen LogP contribution in [0.15, 0.2) is 107 Å². The van der Waals surface area contributed by atoms with E-state index in [0.717, 1.165) is 32.4 Å². The van der Waals surface area contributed by atoms with Crippen LogP contribution in [0.1, 0.15) is 29.2 Å². The number of halogens is 3. The highest BCUT2D eigenvalue weighted by Crippen LogP contribution is 2.71. The molecule has 0 fully saturated rings. The zero-order valence-electron chi connectivity index (χ0n) is 20.6. The van der Waals surface area contributed by atoms with Gasteiger partial charge in [-0.25, -0.2) is 9.80 Å². The fourth-order valence-corrected chi connectivity index (χ4v) is 9.09. The minimum Gasteiger partial charge on any atom is -0.461 e. The van der Waals surface area contributed by atoms with Crippen LogP contribution in [0, 0.1) is 0 Å². The van der Waals surface area contributed by atoms with Crippen LogP contribution >= 0.6 is 62.7 Å². The molecule has 0 radical (unpaired) electrons. The number of hydrogen-bond donors (Lipinski definition) is 0. The number of hydrazone groups is 1. The lowest BCUT2D eigenvalue weighted by Gasteiger charge is -2.37. The summed E-state index contributed by atoms with van der Waals surface area (Å²) in [5, 5.41) is 8.47. The van der Waals surface area contributed by atoms with E-state index >= 15 is 0 Å². The summed E-state index contributed by atoms with van der Waals surface area (Å²) in [7, 11) is 0. The number of rotatable bonds is 5. The summed E-state index contributed by atoms with van der Waals surface area (Å²) in [5.74, 6) is -0.435. The SMILES string of the molecule is CCOC(=O)C1=NN(c2ccc(Br)cc2)[C@]2(S1)SC(c1ccc(Cl)cc1)(c1ccc(Cl)cc1)c1ccccc12. The largest absolute Gasteiger partial charge is 0.461 e. The van der Waals surface area contributed by atoms with E-state index in [0.29, 0.717) is 15.1 Å². The molecule has 2 aliphatic heterocycles. The van der Waals surface area contributed by atoms with Gasteiger partial charge in [0.25, 0.3) is 0 Å². The third-order valence-corrected chi connectivity index (χ3v) is 11.0. The van der Waals surface area contributed by atoms with Gasteiger partial charge < -0.3 is 4.74 Å². The highest BCUT2D eigenvalue weighted by molar-refractivity contribution is 9.10. The number of nitrogens with zero attached hydrogens (tertiary/aromatic N) is 2. The number of thioether (sulfide) groups is 2. The van der Waals surface area contributed by atoms with E-state index in [2.05, 4.69) is 58.4 Å². The van der Waals surface area contributed by atoms with E-state index in [1.54, 1.807) is 18.7 Å². The summed E-state index contributed by atoms with van der Waals surface area (Å²) in [6.07, 6.45) is 0. The second-order valence-electron chi connectivity index (χ2n) is 8.94. The Kier molecular flexibility index (Phi) is 7.23. The van der Waals surface area contributed by atoms with Crippen LogP contribution < -0.4 is 5.01 Å². The Hall–Kier alpha value is -2.42. The van der Waals surface area contributed by atoms with Gasteiger partial charge in [0.05, 0.1) is 17.0 Å². The number of anilines is 1. The molecular weight excluding hydrogens is 635 g/mol. The number of benzene rings is 4. The fraction of sp³-hybridized carbons (Fsp3) is 0.133. The fourth-order valence-electron chi connectivity index (χ4n) is 5.02. The molecule has 2 heterocycles. The van der Waals surface area contributed by atoms with Gasteiger partial charge in [0.15, 0.2) is 4.20 Å². The van der Waals surface area contributed by atoms with Crippen molar-refractivity contribution in [3.8, 4) is 0 Å². The molecule has 0 saturated carbocycles. The predicted octanol–water partition coefficient (Wildman–Crippen LogP) is 9.03. The van der Waals surface area contributed by atoms with Crippen molar-refractivity contribution < 1.29 is 9.53 Å². The number of hydrogen-bond acceptors (Lipinski definition) is 6. The molecule has 4 aromatic carbocycles. The molecule has 1 atom stereocenters. The minimum absolute atomic E-state index is 0.271. The summed E-state index contributed by atoms with van der Waals surface area (Å²) in [4.78, 5) is 13.1. The van der Waals surface area contributed by atoms with E-state index in [4.69, 9.17) is 33.0 Å². The normalized spacial score (nSPS) is 19.2. The molecule has 2 aliphatic rings. The van der Waals surface area contributed by atoms with Gasteiger partial charge in [0, 0.05) is 20.1 Å². The lowest BCUT2D eigenvalue weighted by molar-refractivity contribution is -0.134. The van der Waals surface area contributed by atoms with Crippen LogP contribution in [-0.4, -0.2) is 17.6 Å². The third kappa shape index (κ3) is 4.49. The van der Waals surface area contributed by atoms with Crippen molar-refractivity contribution in [3.63, 3.8) is 0 Å². The van der Waals surface area contributed by atoms with Gasteiger partial charge in [-0.2, -0.15) is 5.10 Å². The van der Waals surface area contributed by atoms with Gasteiger partial charge in [-0.05, 0) is 72.1 Å².